The molecule has 0 saturated carbocycles. The van der Waals surface area contributed by atoms with Crippen LogP contribution in [0.5, 0.6) is 0 Å². The largest absolute Gasteiger partial charge is 0.399 e. The fraction of sp³-hybridized carbons (Fsp3) is 0.350. The van der Waals surface area contributed by atoms with Crippen LogP contribution in [0.2, 0.25) is 0 Å². The summed E-state index contributed by atoms with van der Waals surface area (Å²) in [6, 6.07) is 12.8. The smallest absolute Gasteiger partial charge is 0.227 e. The van der Waals surface area contributed by atoms with Crippen molar-refractivity contribution in [1.29, 1.82) is 0 Å². The van der Waals surface area contributed by atoms with Crippen molar-refractivity contribution in [2.24, 2.45) is 0 Å². The summed E-state index contributed by atoms with van der Waals surface area (Å²) in [5.74, 6) is -0.0133. The number of halogens is 2. The predicted molar refractivity (Wildman–Crippen MR) is 105 cm³/mol. The van der Waals surface area contributed by atoms with Crippen molar-refractivity contribution in [3.05, 3.63) is 65.0 Å². The first-order valence-corrected chi connectivity index (χ1v) is 8.61. The average Bonchev–Trinajstić information content (AvgIpc) is 2.61. The first kappa shape index (κ1) is 20.2. The van der Waals surface area contributed by atoms with Gasteiger partial charge in [0.15, 0.2) is 0 Å². The quantitative estimate of drug-likeness (QED) is 0.833. The van der Waals surface area contributed by atoms with Gasteiger partial charge in [-0.15, -0.1) is 12.4 Å². The maximum Gasteiger partial charge on any atom is 0.227 e. The van der Waals surface area contributed by atoms with E-state index in [0.717, 1.165) is 30.8 Å². The Balaban J connectivity index is 0.00000243. The molecule has 0 radical (unpaired) electrons. The lowest BCUT2D eigenvalue weighted by Gasteiger charge is -2.35. The number of rotatable bonds is 4. The van der Waals surface area contributed by atoms with E-state index in [1.807, 2.05) is 41.3 Å². The molecule has 1 aliphatic heterocycles. The molecule has 1 heterocycles. The van der Waals surface area contributed by atoms with E-state index in [1.54, 1.807) is 13.0 Å². The number of carbonyl (C=O) groups excluding carboxylic acids is 1. The molecule has 2 aromatic carbocycles. The molecule has 0 spiro atoms. The van der Waals surface area contributed by atoms with Crippen LogP contribution in [0.4, 0.5) is 10.1 Å². The monoisotopic (exact) mass is 377 g/mol. The molecule has 0 unspecified atom stereocenters. The predicted octanol–water partition coefficient (Wildman–Crippen LogP) is 3.03. The molecule has 4 nitrogen and oxygen atoms in total. The van der Waals surface area contributed by atoms with E-state index < -0.39 is 0 Å². The number of piperazine rings is 1. The maximum absolute atomic E-state index is 13.7. The summed E-state index contributed by atoms with van der Waals surface area (Å²) in [5.41, 5.74) is 9.01. The topological polar surface area (TPSA) is 49.6 Å². The molecule has 1 saturated heterocycles. The van der Waals surface area contributed by atoms with E-state index in [4.69, 9.17) is 5.73 Å². The Hall–Kier alpha value is -2.11. The van der Waals surface area contributed by atoms with Gasteiger partial charge in [0.1, 0.15) is 5.82 Å². The van der Waals surface area contributed by atoms with Crippen molar-refractivity contribution < 1.29 is 9.18 Å². The molecule has 2 N–H and O–H groups in total. The first-order chi connectivity index (χ1) is 12.0. The highest BCUT2D eigenvalue weighted by molar-refractivity contribution is 5.85. The summed E-state index contributed by atoms with van der Waals surface area (Å²) >= 11 is 0. The van der Waals surface area contributed by atoms with Crippen LogP contribution in [0, 0.1) is 12.7 Å². The average molecular weight is 378 g/mol. The Kier molecular flexibility index (Phi) is 7.00. The molecule has 0 bridgehead atoms. The van der Waals surface area contributed by atoms with Gasteiger partial charge in [-0.3, -0.25) is 9.69 Å². The number of hydrogen-bond donors (Lipinski definition) is 1. The van der Waals surface area contributed by atoms with Crippen LogP contribution in [0.1, 0.15) is 16.7 Å². The van der Waals surface area contributed by atoms with Crippen LogP contribution < -0.4 is 5.73 Å². The van der Waals surface area contributed by atoms with Crippen LogP contribution >= 0.6 is 12.4 Å². The van der Waals surface area contributed by atoms with Crippen molar-refractivity contribution in [3.63, 3.8) is 0 Å². The lowest BCUT2D eigenvalue weighted by molar-refractivity contribution is -0.132. The summed E-state index contributed by atoms with van der Waals surface area (Å²) in [6.45, 7) is 5.53. The summed E-state index contributed by atoms with van der Waals surface area (Å²) in [7, 11) is 0. The third kappa shape index (κ3) is 5.19. The van der Waals surface area contributed by atoms with E-state index in [0.29, 0.717) is 30.8 Å². The first-order valence-electron chi connectivity index (χ1n) is 8.61. The molecule has 2 aromatic rings. The second-order valence-corrected chi connectivity index (χ2v) is 6.66. The van der Waals surface area contributed by atoms with Crippen molar-refractivity contribution in [3.8, 4) is 0 Å². The van der Waals surface area contributed by atoms with Gasteiger partial charge in [0.2, 0.25) is 5.91 Å². The zero-order valence-electron chi connectivity index (χ0n) is 15.0. The van der Waals surface area contributed by atoms with Crippen LogP contribution in [0.15, 0.2) is 42.5 Å². The highest BCUT2D eigenvalue weighted by atomic mass is 35.5. The van der Waals surface area contributed by atoms with E-state index in [9.17, 15) is 9.18 Å². The number of nitrogens with zero attached hydrogens (tertiary/aromatic N) is 2. The van der Waals surface area contributed by atoms with Gasteiger partial charge < -0.3 is 10.6 Å². The minimum absolute atomic E-state index is 0. The SMILES string of the molecule is Cc1ccc(CN2CCN(C(=O)Cc3ccc(N)cc3)CC2)cc1F.Cl. The molecule has 0 aliphatic carbocycles. The van der Waals surface area contributed by atoms with E-state index >= 15 is 0 Å². The Bertz CT molecular complexity index is 743. The molecular weight excluding hydrogens is 353 g/mol. The Morgan fingerprint density at radius 1 is 1.04 bits per heavy atom. The molecule has 6 heteroatoms. The lowest BCUT2D eigenvalue weighted by atomic mass is 10.1. The molecule has 0 atom stereocenters. The molecule has 1 aliphatic rings. The van der Waals surface area contributed by atoms with Crippen LogP contribution in [-0.2, 0) is 17.8 Å². The number of anilines is 1. The highest BCUT2D eigenvalue weighted by Crippen LogP contribution is 2.14. The van der Waals surface area contributed by atoms with Gasteiger partial charge in [0, 0.05) is 38.4 Å². The second kappa shape index (κ2) is 9.01. The number of nitrogens with two attached hydrogens (primary N) is 1. The van der Waals surface area contributed by atoms with Crippen LogP contribution in [0.25, 0.3) is 0 Å². The fourth-order valence-electron chi connectivity index (χ4n) is 3.07. The standard InChI is InChI=1S/C20H24FN3O.ClH/c1-15-2-3-17(12-19(15)21)14-23-8-10-24(11-9-23)20(25)13-16-4-6-18(22)7-5-16;/h2-7,12H,8-11,13-14,22H2,1H3;1H. The minimum Gasteiger partial charge on any atom is -0.399 e. The molecule has 3 rings (SSSR count). The zero-order chi connectivity index (χ0) is 17.8. The number of amides is 1. The summed E-state index contributed by atoms with van der Waals surface area (Å²) < 4.78 is 13.7. The summed E-state index contributed by atoms with van der Waals surface area (Å²) in [6.07, 6.45) is 0.406. The normalized spacial score (nSPS) is 14.8. The fourth-order valence-corrected chi connectivity index (χ4v) is 3.07. The third-order valence-corrected chi connectivity index (χ3v) is 4.70. The summed E-state index contributed by atoms with van der Waals surface area (Å²) in [5, 5.41) is 0. The number of aryl methyl sites for hydroxylation is 1. The van der Waals surface area contributed by atoms with Gasteiger partial charge in [0.05, 0.1) is 6.42 Å². The second-order valence-electron chi connectivity index (χ2n) is 6.66. The zero-order valence-corrected chi connectivity index (χ0v) is 15.8. The minimum atomic E-state index is -0.158. The summed E-state index contributed by atoms with van der Waals surface area (Å²) in [4.78, 5) is 16.6. The van der Waals surface area contributed by atoms with Crippen LogP contribution in [0.3, 0.4) is 0 Å². The van der Waals surface area contributed by atoms with Gasteiger partial charge in [-0.25, -0.2) is 4.39 Å². The number of benzene rings is 2. The van der Waals surface area contributed by atoms with E-state index in [-0.39, 0.29) is 24.1 Å². The number of carbonyl (C=O) groups is 1. The molecule has 140 valence electrons. The van der Waals surface area contributed by atoms with Gasteiger partial charge in [-0.05, 0) is 41.8 Å². The Morgan fingerprint density at radius 2 is 1.65 bits per heavy atom. The van der Waals surface area contributed by atoms with Gasteiger partial charge in [-0.1, -0.05) is 24.3 Å². The van der Waals surface area contributed by atoms with Gasteiger partial charge in [-0.2, -0.15) is 0 Å². The maximum atomic E-state index is 13.7. The molecule has 1 fully saturated rings. The third-order valence-electron chi connectivity index (χ3n) is 4.70. The molecular formula is C20H25ClFN3O. The lowest BCUT2D eigenvalue weighted by Crippen LogP contribution is -2.48. The molecule has 1 amide bonds. The highest BCUT2D eigenvalue weighted by Gasteiger charge is 2.21. The van der Waals surface area contributed by atoms with Crippen LogP contribution in [-0.4, -0.2) is 41.9 Å². The molecule has 26 heavy (non-hydrogen) atoms. The van der Waals surface area contributed by atoms with Crippen molar-refractivity contribution >= 4 is 24.0 Å². The van der Waals surface area contributed by atoms with Gasteiger partial charge in [0.25, 0.3) is 0 Å². The van der Waals surface area contributed by atoms with Crippen molar-refractivity contribution in [2.45, 2.75) is 19.9 Å². The number of hydrogen-bond acceptors (Lipinski definition) is 3. The van der Waals surface area contributed by atoms with E-state index in [2.05, 4.69) is 4.90 Å². The Morgan fingerprint density at radius 3 is 2.27 bits per heavy atom. The van der Waals surface area contributed by atoms with Crippen molar-refractivity contribution in [2.75, 3.05) is 31.9 Å². The van der Waals surface area contributed by atoms with Gasteiger partial charge >= 0.3 is 0 Å². The van der Waals surface area contributed by atoms with Crippen molar-refractivity contribution in [1.82, 2.24) is 9.80 Å². The molecule has 0 aromatic heterocycles. The van der Waals surface area contributed by atoms with E-state index in [1.165, 1.54) is 0 Å². The number of nitrogen functional groups attached to an aromatic ring is 1. The Labute approximate surface area is 160 Å².